The molecular weight excluding hydrogens is 838 g/mol. The van der Waals surface area contributed by atoms with Crippen LogP contribution >= 0.6 is 11.6 Å². The van der Waals surface area contributed by atoms with Gasteiger partial charge in [-0.15, -0.1) is 0 Å². The van der Waals surface area contributed by atoms with Gasteiger partial charge in [0.25, 0.3) is 5.91 Å². The fourth-order valence-corrected chi connectivity index (χ4v) is 10.3. The van der Waals surface area contributed by atoms with Gasteiger partial charge in [-0.25, -0.2) is 9.59 Å². The molecule has 11 atom stereocenters. The zero-order valence-corrected chi connectivity index (χ0v) is 36.3. The molecule has 2 saturated carbocycles. The van der Waals surface area contributed by atoms with E-state index < -0.39 is 113 Å². The molecule has 1 amide bonds. The van der Waals surface area contributed by atoms with Crippen molar-refractivity contribution in [3.05, 3.63) is 118 Å². The van der Waals surface area contributed by atoms with Gasteiger partial charge in [-0.2, -0.15) is 0 Å². The number of amides is 1. The predicted octanol–water partition coefficient (Wildman–Crippen LogP) is 4.39. The second-order valence-electron chi connectivity index (χ2n) is 17.5. The molecule has 0 spiro atoms. The van der Waals surface area contributed by atoms with Crippen LogP contribution in [0.15, 0.2) is 96.1 Å². The number of benzene rings is 3. The van der Waals surface area contributed by atoms with E-state index >= 15 is 4.79 Å². The van der Waals surface area contributed by atoms with Crippen molar-refractivity contribution >= 4 is 47.2 Å². The third-order valence-electron chi connectivity index (χ3n) is 13.6. The Morgan fingerprint density at radius 1 is 0.857 bits per heavy atom. The molecule has 1 heterocycles. The quantitative estimate of drug-likeness (QED) is 0.126. The lowest BCUT2D eigenvalue weighted by Gasteiger charge is -2.67. The molecule has 0 radical (unpaired) electrons. The zero-order valence-electron chi connectivity index (χ0n) is 35.5. The van der Waals surface area contributed by atoms with E-state index in [2.05, 4.69) is 5.32 Å². The van der Waals surface area contributed by atoms with Gasteiger partial charge in [0, 0.05) is 42.7 Å². The van der Waals surface area contributed by atoms with Gasteiger partial charge in [0.15, 0.2) is 23.6 Å². The number of hydrogen-bond acceptors (Lipinski definition) is 14. The fraction of sp³-hybridized carbons (Fsp3) is 0.447. The lowest BCUT2D eigenvalue weighted by molar-refractivity contribution is -0.346. The van der Waals surface area contributed by atoms with Gasteiger partial charge < -0.3 is 44.3 Å². The van der Waals surface area contributed by atoms with E-state index in [-0.39, 0.29) is 35.3 Å². The van der Waals surface area contributed by atoms with Crippen LogP contribution in [-0.2, 0) is 42.9 Å². The molecule has 2 bridgehead atoms. The Morgan fingerprint density at radius 3 is 2.05 bits per heavy atom. The molecule has 3 fully saturated rings. The maximum absolute atomic E-state index is 15.5. The SMILES string of the molecule is CC(=O)O[C@H]1C(=O)[C@]2(C)[C@@H](O)CC3OC[C@@]3(OC(C)=O)[C@H]2[C@H](OC(=O)c2ccccc2)[C@]2(O)C[C@H](OC(=O)[C@H](O)[C@@H](NC(=O)c3ccc(Cl)cc3)c3ccccc3)C(C)=C1C2(C)C. The first-order valence-corrected chi connectivity index (χ1v) is 21.0. The van der Waals surface area contributed by atoms with Crippen molar-refractivity contribution in [3.8, 4) is 0 Å². The summed E-state index contributed by atoms with van der Waals surface area (Å²) in [7, 11) is 0. The number of aliphatic hydroxyl groups excluding tert-OH is 2. The number of ketones is 1. The molecule has 334 valence electrons. The van der Waals surface area contributed by atoms with Crippen molar-refractivity contribution in [1.29, 1.82) is 0 Å². The van der Waals surface area contributed by atoms with Crippen molar-refractivity contribution in [3.63, 3.8) is 0 Å². The highest BCUT2D eigenvalue weighted by Gasteiger charge is 2.78. The number of rotatable bonds is 10. The molecule has 1 aliphatic heterocycles. The van der Waals surface area contributed by atoms with Crippen LogP contribution in [0.1, 0.15) is 86.7 Å². The highest BCUT2D eigenvalue weighted by molar-refractivity contribution is 6.30. The third kappa shape index (κ3) is 7.73. The monoisotopic (exact) mass is 887 g/mol. The van der Waals surface area contributed by atoms with E-state index in [1.54, 1.807) is 62.4 Å². The van der Waals surface area contributed by atoms with Crippen LogP contribution in [0, 0.1) is 16.7 Å². The van der Waals surface area contributed by atoms with Gasteiger partial charge in [-0.1, -0.05) is 74.0 Å². The van der Waals surface area contributed by atoms with Crippen LogP contribution in [0.2, 0.25) is 5.02 Å². The Labute approximate surface area is 368 Å². The van der Waals surface area contributed by atoms with Crippen LogP contribution < -0.4 is 5.32 Å². The molecule has 3 aliphatic carbocycles. The van der Waals surface area contributed by atoms with Gasteiger partial charge >= 0.3 is 23.9 Å². The highest BCUT2D eigenvalue weighted by atomic mass is 35.5. The smallest absolute Gasteiger partial charge is 0.338 e. The maximum Gasteiger partial charge on any atom is 0.338 e. The molecule has 1 unspecified atom stereocenters. The predicted molar refractivity (Wildman–Crippen MR) is 223 cm³/mol. The van der Waals surface area contributed by atoms with E-state index in [0.717, 1.165) is 13.8 Å². The maximum atomic E-state index is 15.5. The van der Waals surface area contributed by atoms with Crippen LogP contribution in [0.3, 0.4) is 0 Å². The molecule has 3 aromatic carbocycles. The van der Waals surface area contributed by atoms with Gasteiger partial charge in [-0.3, -0.25) is 19.2 Å². The number of hydrogen-bond donors (Lipinski definition) is 4. The minimum atomic E-state index is -2.40. The average Bonchev–Trinajstić information content (AvgIpc) is 3.24. The summed E-state index contributed by atoms with van der Waals surface area (Å²) in [5.74, 6) is -6.95. The summed E-state index contributed by atoms with van der Waals surface area (Å²) >= 11 is 6.03. The average molecular weight is 888 g/mol. The minimum Gasteiger partial charge on any atom is -0.456 e. The molecule has 4 aliphatic rings. The number of ether oxygens (including phenoxy) is 5. The molecular formula is C47H50ClNO14. The number of nitrogens with one attached hydrogen (secondary N) is 1. The fourth-order valence-electron chi connectivity index (χ4n) is 10.2. The second-order valence-corrected chi connectivity index (χ2v) is 17.9. The normalized spacial score (nSPS) is 31.6. The number of esters is 4. The van der Waals surface area contributed by atoms with Crippen molar-refractivity contribution in [2.24, 2.45) is 16.7 Å². The van der Waals surface area contributed by atoms with Crippen LogP contribution in [0.5, 0.6) is 0 Å². The largest absolute Gasteiger partial charge is 0.456 e. The van der Waals surface area contributed by atoms with Crippen molar-refractivity contribution in [2.45, 2.75) is 108 Å². The summed E-state index contributed by atoms with van der Waals surface area (Å²) in [5.41, 5.74) is -7.19. The van der Waals surface area contributed by atoms with Gasteiger partial charge in [0.2, 0.25) is 0 Å². The van der Waals surface area contributed by atoms with E-state index in [1.807, 2.05) is 0 Å². The Bertz CT molecular complexity index is 2340. The minimum absolute atomic E-state index is 0.0134. The highest BCUT2D eigenvalue weighted by Crippen LogP contribution is 2.64. The first-order valence-electron chi connectivity index (χ1n) is 20.6. The summed E-state index contributed by atoms with van der Waals surface area (Å²) < 4.78 is 30.3. The molecule has 4 N–H and O–H groups in total. The van der Waals surface area contributed by atoms with Crippen LogP contribution in [0.4, 0.5) is 0 Å². The summed E-state index contributed by atoms with van der Waals surface area (Å²) in [5, 5.41) is 40.6. The summed E-state index contributed by atoms with van der Waals surface area (Å²) in [6, 6.07) is 20.6. The van der Waals surface area contributed by atoms with E-state index in [1.165, 1.54) is 50.2 Å². The molecule has 16 heteroatoms. The lowest BCUT2D eigenvalue weighted by Crippen LogP contribution is -2.82. The van der Waals surface area contributed by atoms with Gasteiger partial charge in [-0.05, 0) is 67.0 Å². The number of halogens is 1. The lowest BCUT2D eigenvalue weighted by atomic mass is 9.44. The summed E-state index contributed by atoms with van der Waals surface area (Å²) in [6.45, 7) is 7.93. The molecule has 1 saturated heterocycles. The van der Waals surface area contributed by atoms with Crippen molar-refractivity contribution in [1.82, 2.24) is 5.32 Å². The number of aliphatic hydroxyl groups is 3. The van der Waals surface area contributed by atoms with Crippen molar-refractivity contribution < 1.29 is 67.8 Å². The number of carbonyl (C=O) groups is 6. The summed E-state index contributed by atoms with van der Waals surface area (Å²) in [4.78, 5) is 83.6. The Hall–Kier alpha value is -5.45. The van der Waals surface area contributed by atoms with E-state index in [4.69, 9.17) is 35.3 Å². The standard InChI is InChI=1S/C47H50ClNO14/c1-24-31(61-43(57)36(53)35(27-13-9-7-10-14-27)49-41(55)28-17-19-30(48)20-18-28)22-47(58)40(62-42(56)29-15-11-8-12-16-29)38-45(6,32(52)21-33-46(38,23-59-33)63-26(3)51)39(54)37(60-25(2)50)34(24)44(47,4)5/h7-20,31-33,35-38,40,52-53,58H,21-23H2,1-6H3,(H,49,55)/t31-,32-,33?,35-,36+,37+,38-,40-,45+,46-,47+/m0/s1. The Kier molecular flexibility index (Phi) is 12.2. The molecule has 3 aromatic rings. The van der Waals surface area contributed by atoms with Crippen molar-refractivity contribution in [2.75, 3.05) is 6.61 Å². The molecule has 7 rings (SSSR count). The van der Waals surface area contributed by atoms with Crippen LogP contribution in [-0.4, -0.2) is 105 Å². The van der Waals surface area contributed by atoms with E-state index in [9.17, 15) is 39.3 Å². The van der Waals surface area contributed by atoms with Gasteiger partial charge in [0.05, 0.1) is 35.6 Å². The Balaban J connectivity index is 1.38. The Morgan fingerprint density at radius 2 is 1.48 bits per heavy atom. The number of fused-ring (bicyclic) bond motifs is 5. The molecule has 0 aromatic heterocycles. The van der Waals surface area contributed by atoms with Crippen LogP contribution in [0.25, 0.3) is 0 Å². The molecule has 63 heavy (non-hydrogen) atoms. The second kappa shape index (κ2) is 16.9. The topological polar surface area (TPSA) is 221 Å². The first kappa shape index (κ1) is 45.6. The number of carbonyl (C=O) groups excluding carboxylic acids is 6. The summed E-state index contributed by atoms with van der Waals surface area (Å²) in [6.07, 6.45) is -10.6. The zero-order chi connectivity index (χ0) is 45.8. The van der Waals surface area contributed by atoms with E-state index in [0.29, 0.717) is 10.6 Å². The first-order chi connectivity index (χ1) is 29.7. The number of Topliss-reactive ketones (excluding diaryl/α,β-unsaturated/α-hetero) is 1. The molecule has 15 nitrogen and oxygen atoms in total. The van der Waals surface area contributed by atoms with Gasteiger partial charge in [0.1, 0.15) is 23.9 Å². The third-order valence-corrected chi connectivity index (χ3v) is 13.8.